The standard InChI is InChI=1S/C12H10FN3S/c1-6-11(16-12(14)17-6)9-5-15-10-3-2-7(13)4-8(9)10/h2-5,15H,1H3,(H2,14,16). The zero-order valence-electron chi connectivity index (χ0n) is 9.12. The molecule has 2 aromatic heterocycles. The Hall–Kier alpha value is -1.88. The molecule has 0 aliphatic rings. The molecule has 0 atom stereocenters. The van der Waals surface area contributed by atoms with Crippen LogP contribution < -0.4 is 5.73 Å². The number of nitrogens with two attached hydrogens (primary N) is 1. The molecule has 3 rings (SSSR count). The normalized spacial score (nSPS) is 11.2. The van der Waals surface area contributed by atoms with E-state index >= 15 is 0 Å². The molecule has 0 fully saturated rings. The van der Waals surface area contributed by atoms with Crippen molar-refractivity contribution in [3.8, 4) is 11.3 Å². The number of hydrogen-bond donors (Lipinski definition) is 2. The second-order valence-electron chi connectivity index (χ2n) is 3.85. The van der Waals surface area contributed by atoms with Gasteiger partial charge in [-0.1, -0.05) is 0 Å². The van der Waals surface area contributed by atoms with Gasteiger partial charge in [0.05, 0.1) is 5.69 Å². The number of aryl methyl sites for hydroxylation is 1. The van der Waals surface area contributed by atoms with Gasteiger partial charge in [0.1, 0.15) is 5.82 Å². The van der Waals surface area contributed by atoms with E-state index in [1.54, 1.807) is 6.07 Å². The van der Waals surface area contributed by atoms with Gasteiger partial charge in [-0.3, -0.25) is 0 Å². The SMILES string of the molecule is Cc1sc(N)nc1-c1c[nH]c2ccc(F)cc12. The molecule has 3 N–H and O–H groups in total. The largest absolute Gasteiger partial charge is 0.375 e. The van der Waals surface area contributed by atoms with Crippen molar-refractivity contribution in [1.82, 2.24) is 9.97 Å². The van der Waals surface area contributed by atoms with Crippen molar-refractivity contribution in [2.24, 2.45) is 0 Å². The smallest absolute Gasteiger partial charge is 0.180 e. The molecule has 0 aliphatic heterocycles. The predicted octanol–water partition coefficient (Wildman–Crippen LogP) is 3.32. The fraction of sp³-hybridized carbons (Fsp3) is 0.0833. The lowest BCUT2D eigenvalue weighted by Crippen LogP contribution is -1.83. The molecule has 0 radical (unpaired) electrons. The quantitative estimate of drug-likeness (QED) is 0.693. The van der Waals surface area contributed by atoms with Crippen LogP contribution in [0.5, 0.6) is 0 Å². The van der Waals surface area contributed by atoms with E-state index in [9.17, 15) is 4.39 Å². The molecule has 0 unspecified atom stereocenters. The second kappa shape index (κ2) is 3.56. The third-order valence-corrected chi connectivity index (χ3v) is 3.51. The summed E-state index contributed by atoms with van der Waals surface area (Å²) < 4.78 is 13.3. The summed E-state index contributed by atoms with van der Waals surface area (Å²) in [6.07, 6.45) is 1.84. The molecular weight excluding hydrogens is 237 g/mol. The van der Waals surface area contributed by atoms with Gasteiger partial charge in [-0.2, -0.15) is 0 Å². The second-order valence-corrected chi connectivity index (χ2v) is 5.08. The molecule has 0 spiro atoms. The lowest BCUT2D eigenvalue weighted by molar-refractivity contribution is 0.630. The van der Waals surface area contributed by atoms with Crippen molar-refractivity contribution in [3.63, 3.8) is 0 Å². The van der Waals surface area contributed by atoms with Crippen LogP contribution >= 0.6 is 11.3 Å². The van der Waals surface area contributed by atoms with Gasteiger partial charge in [-0.05, 0) is 25.1 Å². The number of rotatable bonds is 1. The molecule has 0 amide bonds. The van der Waals surface area contributed by atoms with Crippen LogP contribution in [0.15, 0.2) is 24.4 Å². The molecular formula is C12H10FN3S. The lowest BCUT2D eigenvalue weighted by atomic mass is 10.1. The highest BCUT2D eigenvalue weighted by Crippen LogP contribution is 2.33. The predicted molar refractivity (Wildman–Crippen MR) is 68.5 cm³/mol. The van der Waals surface area contributed by atoms with Gasteiger partial charge in [0, 0.05) is 27.5 Å². The number of aromatic amines is 1. The number of nitrogen functional groups attached to an aromatic ring is 1. The molecule has 3 aromatic rings. The first-order chi connectivity index (χ1) is 8.15. The van der Waals surface area contributed by atoms with E-state index in [1.807, 2.05) is 13.1 Å². The molecule has 0 aliphatic carbocycles. The first-order valence-corrected chi connectivity index (χ1v) is 5.96. The van der Waals surface area contributed by atoms with Crippen molar-refractivity contribution in [3.05, 3.63) is 35.1 Å². The Bertz CT molecular complexity index is 699. The Morgan fingerprint density at radius 3 is 2.94 bits per heavy atom. The zero-order chi connectivity index (χ0) is 12.0. The Morgan fingerprint density at radius 1 is 1.41 bits per heavy atom. The van der Waals surface area contributed by atoms with E-state index in [0.29, 0.717) is 5.13 Å². The maximum atomic E-state index is 13.3. The summed E-state index contributed by atoms with van der Waals surface area (Å²) in [6.45, 7) is 1.96. The Labute approximate surface area is 101 Å². The Kier molecular flexibility index (Phi) is 2.16. The van der Waals surface area contributed by atoms with Gasteiger partial charge < -0.3 is 10.7 Å². The molecule has 2 heterocycles. The monoisotopic (exact) mass is 247 g/mol. The van der Waals surface area contributed by atoms with Gasteiger partial charge in [0.15, 0.2) is 5.13 Å². The van der Waals surface area contributed by atoms with Gasteiger partial charge in [-0.15, -0.1) is 11.3 Å². The zero-order valence-corrected chi connectivity index (χ0v) is 9.94. The van der Waals surface area contributed by atoms with Gasteiger partial charge in [-0.25, -0.2) is 9.37 Å². The minimum Gasteiger partial charge on any atom is -0.375 e. The number of H-pyrrole nitrogens is 1. The van der Waals surface area contributed by atoms with Gasteiger partial charge >= 0.3 is 0 Å². The maximum absolute atomic E-state index is 13.3. The van der Waals surface area contributed by atoms with Crippen LogP contribution in [0.25, 0.3) is 22.2 Å². The summed E-state index contributed by atoms with van der Waals surface area (Å²) in [6, 6.07) is 4.67. The van der Waals surface area contributed by atoms with Crippen molar-refractivity contribution >= 4 is 27.4 Å². The summed E-state index contributed by atoms with van der Waals surface area (Å²) >= 11 is 1.44. The first-order valence-electron chi connectivity index (χ1n) is 5.15. The average Bonchev–Trinajstić information content (AvgIpc) is 2.81. The molecule has 3 nitrogen and oxygen atoms in total. The number of nitrogens with zero attached hydrogens (tertiary/aromatic N) is 1. The number of halogens is 1. The summed E-state index contributed by atoms with van der Waals surface area (Å²) in [5.41, 5.74) is 8.30. The average molecular weight is 247 g/mol. The topological polar surface area (TPSA) is 54.7 Å². The van der Waals surface area contributed by atoms with E-state index in [2.05, 4.69) is 9.97 Å². The Balaban J connectivity index is 2.30. The maximum Gasteiger partial charge on any atom is 0.180 e. The fourth-order valence-corrected chi connectivity index (χ4v) is 2.66. The van der Waals surface area contributed by atoms with Crippen molar-refractivity contribution in [2.75, 3.05) is 5.73 Å². The highest BCUT2D eigenvalue weighted by Gasteiger charge is 2.13. The lowest BCUT2D eigenvalue weighted by Gasteiger charge is -1.96. The van der Waals surface area contributed by atoms with Crippen LogP contribution in [0.1, 0.15) is 4.88 Å². The van der Waals surface area contributed by atoms with Gasteiger partial charge in [0.25, 0.3) is 0 Å². The van der Waals surface area contributed by atoms with Crippen LogP contribution in [0.2, 0.25) is 0 Å². The number of nitrogens with one attached hydrogen (secondary N) is 1. The van der Waals surface area contributed by atoms with E-state index in [-0.39, 0.29) is 5.82 Å². The summed E-state index contributed by atoms with van der Waals surface area (Å²) in [5, 5.41) is 1.36. The summed E-state index contributed by atoms with van der Waals surface area (Å²) in [7, 11) is 0. The molecule has 86 valence electrons. The van der Waals surface area contributed by atoms with Gasteiger partial charge in [0.2, 0.25) is 0 Å². The van der Waals surface area contributed by atoms with Crippen molar-refractivity contribution in [1.29, 1.82) is 0 Å². The molecule has 0 saturated heterocycles. The van der Waals surface area contributed by atoms with Crippen LogP contribution in [-0.4, -0.2) is 9.97 Å². The van der Waals surface area contributed by atoms with Crippen molar-refractivity contribution in [2.45, 2.75) is 6.92 Å². The van der Waals surface area contributed by atoms with Crippen LogP contribution in [0.3, 0.4) is 0 Å². The van der Waals surface area contributed by atoms with Crippen LogP contribution in [0.4, 0.5) is 9.52 Å². The fourth-order valence-electron chi connectivity index (χ4n) is 1.96. The molecule has 17 heavy (non-hydrogen) atoms. The first kappa shape index (κ1) is 10.3. The van der Waals surface area contributed by atoms with E-state index in [1.165, 1.54) is 23.5 Å². The number of fused-ring (bicyclic) bond motifs is 1. The number of anilines is 1. The number of aromatic nitrogens is 2. The van der Waals surface area contributed by atoms with Crippen LogP contribution in [0, 0.1) is 12.7 Å². The molecule has 5 heteroatoms. The minimum atomic E-state index is -0.251. The Morgan fingerprint density at radius 2 is 2.24 bits per heavy atom. The van der Waals surface area contributed by atoms with Crippen molar-refractivity contribution < 1.29 is 4.39 Å². The highest BCUT2D eigenvalue weighted by molar-refractivity contribution is 7.15. The third kappa shape index (κ3) is 1.59. The number of thiazole rings is 1. The molecule has 1 aromatic carbocycles. The number of hydrogen-bond acceptors (Lipinski definition) is 3. The van der Waals surface area contributed by atoms with E-state index in [4.69, 9.17) is 5.73 Å². The number of benzene rings is 1. The molecule has 0 saturated carbocycles. The highest BCUT2D eigenvalue weighted by atomic mass is 32.1. The summed E-state index contributed by atoms with van der Waals surface area (Å²) in [4.78, 5) is 8.43. The van der Waals surface area contributed by atoms with E-state index in [0.717, 1.165) is 27.0 Å². The minimum absolute atomic E-state index is 0.251. The third-order valence-electron chi connectivity index (χ3n) is 2.71. The van der Waals surface area contributed by atoms with Crippen LogP contribution in [-0.2, 0) is 0 Å². The van der Waals surface area contributed by atoms with E-state index < -0.39 is 0 Å². The molecule has 0 bridgehead atoms. The summed E-state index contributed by atoms with van der Waals surface area (Å²) in [5.74, 6) is -0.251.